The molecule has 208 valence electrons. The van der Waals surface area contributed by atoms with Crippen LogP contribution in [0, 0.1) is 0 Å². The molecular formula is C25H47N5O6. The van der Waals surface area contributed by atoms with Crippen LogP contribution in [-0.2, 0) is 23.9 Å². The maximum Gasteiger partial charge on any atom is 0.328 e. The minimum absolute atomic E-state index is 0.0251. The summed E-state index contributed by atoms with van der Waals surface area (Å²) in [5.74, 6) is -1.58. The fourth-order valence-corrected chi connectivity index (χ4v) is 3.66. The Morgan fingerprint density at radius 3 is 2.14 bits per heavy atom. The van der Waals surface area contributed by atoms with Crippen LogP contribution >= 0.6 is 0 Å². The largest absolute Gasteiger partial charge is 0.480 e. The highest BCUT2D eigenvalue weighted by atomic mass is 16.5. The lowest BCUT2D eigenvalue weighted by Gasteiger charge is -2.17. The van der Waals surface area contributed by atoms with E-state index < -0.39 is 24.0 Å². The summed E-state index contributed by atoms with van der Waals surface area (Å²) in [7, 11) is 0. The molecule has 0 aromatic heterocycles. The van der Waals surface area contributed by atoms with Crippen LogP contribution in [0.2, 0.25) is 0 Å². The summed E-state index contributed by atoms with van der Waals surface area (Å²) >= 11 is 0. The Kier molecular flexibility index (Phi) is 19.7. The van der Waals surface area contributed by atoms with Gasteiger partial charge in [0.05, 0.1) is 6.61 Å². The number of aliphatic carboxylic acids is 1. The van der Waals surface area contributed by atoms with Gasteiger partial charge in [-0.3, -0.25) is 14.6 Å². The van der Waals surface area contributed by atoms with Crippen molar-refractivity contribution in [1.29, 1.82) is 0 Å². The lowest BCUT2D eigenvalue weighted by Crippen LogP contribution is -2.42. The summed E-state index contributed by atoms with van der Waals surface area (Å²) in [6, 6.07) is -1.28. The quantitative estimate of drug-likeness (QED) is 0.0799. The number of aliphatic imine (C=N–C) groups is 1. The van der Waals surface area contributed by atoms with E-state index in [1.165, 1.54) is 44.9 Å². The average molecular weight is 514 g/mol. The molecule has 1 rings (SSSR count). The molecule has 1 unspecified atom stereocenters. The SMILES string of the molecule is CCCCCCCCCCCC(=O)N[C@@H](CCCN=C(N)N)C(=O)OCC.O=C1CCC(C(=O)O)N1. The first-order valence-electron chi connectivity index (χ1n) is 13.2. The standard InChI is InChI=1S/C20H40N4O3.C5H7NO3/c1-3-5-6-7-8-9-10-11-12-15-18(25)24-17(19(26)27-4-2)14-13-16-23-20(21)22;7-4-2-1-3(6-4)5(8)9/h17H,3-16H2,1-2H3,(H,24,25)(H4,21,22,23);3H,1-2H2,(H,6,7)(H,8,9)/t17-;/m0./s1. The number of hydrogen-bond donors (Lipinski definition) is 5. The van der Waals surface area contributed by atoms with Gasteiger partial charge in [-0.15, -0.1) is 0 Å². The number of guanidine groups is 1. The smallest absolute Gasteiger partial charge is 0.328 e. The van der Waals surface area contributed by atoms with Crippen molar-refractivity contribution in [3.05, 3.63) is 0 Å². The van der Waals surface area contributed by atoms with Gasteiger partial charge in [-0.05, 0) is 32.6 Å². The molecule has 1 aliphatic rings. The Morgan fingerprint density at radius 2 is 1.67 bits per heavy atom. The van der Waals surface area contributed by atoms with E-state index in [1.807, 2.05) is 0 Å². The molecule has 0 spiro atoms. The normalized spacial score (nSPS) is 15.2. The molecule has 1 aliphatic heterocycles. The molecule has 7 N–H and O–H groups in total. The Bertz CT molecular complexity index is 682. The summed E-state index contributed by atoms with van der Waals surface area (Å²) in [5.41, 5.74) is 10.6. The Hall–Kier alpha value is -2.85. The Balaban J connectivity index is 0.00000113. The molecule has 0 aliphatic carbocycles. The molecule has 36 heavy (non-hydrogen) atoms. The van der Waals surface area contributed by atoms with Crippen LogP contribution in [0.4, 0.5) is 0 Å². The fraction of sp³-hybridized carbons (Fsp3) is 0.800. The van der Waals surface area contributed by atoms with Gasteiger partial charge in [-0.1, -0.05) is 58.3 Å². The summed E-state index contributed by atoms with van der Waals surface area (Å²) in [4.78, 5) is 48.5. The zero-order valence-corrected chi connectivity index (χ0v) is 22.1. The van der Waals surface area contributed by atoms with Crippen molar-refractivity contribution < 1.29 is 29.0 Å². The molecule has 1 heterocycles. The van der Waals surface area contributed by atoms with Crippen LogP contribution in [-0.4, -0.2) is 60.1 Å². The first-order chi connectivity index (χ1) is 17.2. The van der Waals surface area contributed by atoms with Gasteiger partial charge in [0.15, 0.2) is 5.96 Å². The monoisotopic (exact) mass is 513 g/mol. The van der Waals surface area contributed by atoms with Crippen LogP contribution < -0.4 is 22.1 Å². The van der Waals surface area contributed by atoms with Gasteiger partial charge in [0, 0.05) is 19.4 Å². The van der Waals surface area contributed by atoms with Crippen LogP contribution in [0.25, 0.3) is 0 Å². The van der Waals surface area contributed by atoms with Crippen LogP contribution in [0.15, 0.2) is 4.99 Å². The molecule has 0 saturated carbocycles. The van der Waals surface area contributed by atoms with E-state index in [1.54, 1.807) is 6.92 Å². The molecule has 2 atom stereocenters. The molecule has 0 aromatic carbocycles. The number of hydrogen-bond acceptors (Lipinski definition) is 6. The van der Waals surface area contributed by atoms with E-state index in [4.69, 9.17) is 21.3 Å². The molecule has 2 amide bonds. The molecule has 0 aromatic rings. The summed E-state index contributed by atoms with van der Waals surface area (Å²) in [5, 5.41) is 13.4. The molecular weight excluding hydrogens is 466 g/mol. The van der Waals surface area contributed by atoms with E-state index in [-0.39, 0.29) is 24.4 Å². The van der Waals surface area contributed by atoms with Crippen LogP contribution in [0.5, 0.6) is 0 Å². The van der Waals surface area contributed by atoms with Crippen molar-refractivity contribution in [3.8, 4) is 0 Å². The lowest BCUT2D eigenvalue weighted by molar-refractivity contribution is -0.147. The number of carboxylic acid groups (broad SMARTS) is 1. The minimum Gasteiger partial charge on any atom is -0.480 e. The number of nitrogens with two attached hydrogens (primary N) is 2. The van der Waals surface area contributed by atoms with E-state index in [9.17, 15) is 19.2 Å². The van der Waals surface area contributed by atoms with Gasteiger partial charge < -0.3 is 31.9 Å². The molecule has 11 nitrogen and oxygen atoms in total. The van der Waals surface area contributed by atoms with E-state index in [0.29, 0.717) is 38.6 Å². The van der Waals surface area contributed by atoms with Crippen LogP contribution in [0.1, 0.15) is 104 Å². The highest BCUT2D eigenvalue weighted by Crippen LogP contribution is 2.11. The second kappa shape index (κ2) is 21.4. The number of rotatable bonds is 18. The Labute approximate surface area is 215 Å². The predicted octanol–water partition coefficient (Wildman–Crippen LogP) is 2.36. The second-order valence-corrected chi connectivity index (χ2v) is 8.90. The van der Waals surface area contributed by atoms with E-state index in [0.717, 1.165) is 12.8 Å². The number of ether oxygens (including phenoxy) is 1. The fourth-order valence-electron chi connectivity index (χ4n) is 3.66. The van der Waals surface area contributed by atoms with Crippen molar-refractivity contribution in [2.45, 2.75) is 116 Å². The maximum atomic E-state index is 12.1. The number of carbonyl (C=O) groups excluding carboxylic acids is 3. The van der Waals surface area contributed by atoms with Gasteiger partial charge >= 0.3 is 11.9 Å². The Morgan fingerprint density at radius 1 is 1.06 bits per heavy atom. The third kappa shape index (κ3) is 18.5. The average Bonchev–Trinajstić information content (AvgIpc) is 3.27. The van der Waals surface area contributed by atoms with Gasteiger partial charge in [-0.25, -0.2) is 9.59 Å². The van der Waals surface area contributed by atoms with Gasteiger partial charge in [-0.2, -0.15) is 0 Å². The van der Waals surface area contributed by atoms with Gasteiger partial charge in [0.25, 0.3) is 0 Å². The van der Waals surface area contributed by atoms with Crippen molar-refractivity contribution in [2.24, 2.45) is 16.5 Å². The third-order valence-electron chi connectivity index (χ3n) is 5.65. The second-order valence-electron chi connectivity index (χ2n) is 8.90. The zero-order chi connectivity index (χ0) is 27.2. The molecule has 1 fully saturated rings. The topological polar surface area (TPSA) is 186 Å². The van der Waals surface area contributed by atoms with Gasteiger partial charge in [0.2, 0.25) is 11.8 Å². The number of nitrogens with zero attached hydrogens (tertiary/aromatic N) is 1. The van der Waals surface area contributed by atoms with E-state index >= 15 is 0 Å². The maximum absolute atomic E-state index is 12.1. The summed E-state index contributed by atoms with van der Waals surface area (Å²) in [6.07, 6.45) is 13.1. The van der Waals surface area contributed by atoms with Crippen molar-refractivity contribution in [1.82, 2.24) is 10.6 Å². The van der Waals surface area contributed by atoms with Crippen LogP contribution in [0.3, 0.4) is 0 Å². The van der Waals surface area contributed by atoms with Crippen molar-refractivity contribution in [2.75, 3.05) is 13.2 Å². The molecule has 1 saturated heterocycles. The zero-order valence-electron chi connectivity index (χ0n) is 22.1. The minimum atomic E-state index is -0.944. The van der Waals surface area contributed by atoms with E-state index in [2.05, 4.69) is 22.5 Å². The van der Waals surface area contributed by atoms with Crippen molar-refractivity contribution >= 4 is 29.7 Å². The summed E-state index contributed by atoms with van der Waals surface area (Å²) < 4.78 is 5.04. The number of nitrogens with one attached hydrogen (secondary N) is 2. The number of amides is 2. The summed E-state index contributed by atoms with van der Waals surface area (Å²) in [6.45, 7) is 4.68. The van der Waals surface area contributed by atoms with Gasteiger partial charge in [0.1, 0.15) is 12.1 Å². The number of esters is 1. The van der Waals surface area contributed by atoms with Crippen molar-refractivity contribution in [3.63, 3.8) is 0 Å². The molecule has 0 bridgehead atoms. The number of unbranched alkanes of at least 4 members (excludes halogenated alkanes) is 8. The first-order valence-corrected chi connectivity index (χ1v) is 13.2. The first kappa shape index (κ1) is 33.1. The molecule has 0 radical (unpaired) electrons. The third-order valence-corrected chi connectivity index (χ3v) is 5.65. The highest BCUT2D eigenvalue weighted by molar-refractivity contribution is 5.87. The number of carboxylic acids is 1. The lowest BCUT2D eigenvalue weighted by atomic mass is 10.1. The molecule has 11 heteroatoms. The highest BCUT2D eigenvalue weighted by Gasteiger charge is 2.26. The predicted molar refractivity (Wildman–Crippen MR) is 139 cm³/mol. The number of carbonyl (C=O) groups is 4.